The molecule has 31 heavy (non-hydrogen) atoms. The second kappa shape index (κ2) is 8.34. The Hall–Kier alpha value is -3.48. The van der Waals surface area contributed by atoms with E-state index < -0.39 is 18.5 Å². The van der Waals surface area contributed by atoms with Gasteiger partial charge >= 0.3 is 5.97 Å². The van der Waals surface area contributed by atoms with Gasteiger partial charge in [-0.2, -0.15) is 0 Å². The van der Waals surface area contributed by atoms with E-state index in [4.69, 9.17) is 4.74 Å². The molecule has 0 radical (unpaired) electrons. The molecule has 2 aliphatic heterocycles. The average Bonchev–Trinajstić information content (AvgIpc) is 3.30. The molecule has 2 aliphatic rings. The lowest BCUT2D eigenvalue weighted by Crippen LogP contribution is -2.28. The van der Waals surface area contributed by atoms with Gasteiger partial charge in [-0.25, -0.2) is 0 Å². The van der Waals surface area contributed by atoms with Crippen LogP contribution < -0.4 is 10.2 Å². The standard InChI is InChI=1S/C24H24N2O5/c1-3-15-6-4-5-7-20(15)26-12-17(11-22(26)28)24(30)31-13-21(27)16-8-9-19-18(10-16)14(2)23(29)25-19/h4-10,14,17H,3,11-13H2,1-2H3,(H,25,29)/t14-,17-/m0/s1. The quantitative estimate of drug-likeness (QED) is 0.573. The highest BCUT2D eigenvalue weighted by molar-refractivity contribution is 6.05. The van der Waals surface area contributed by atoms with Crippen molar-refractivity contribution in [1.29, 1.82) is 0 Å². The van der Waals surface area contributed by atoms with Crippen molar-refractivity contribution in [3.8, 4) is 0 Å². The van der Waals surface area contributed by atoms with Crippen LogP contribution in [0.4, 0.5) is 11.4 Å². The third kappa shape index (κ3) is 3.95. The fourth-order valence-electron chi connectivity index (χ4n) is 4.10. The lowest BCUT2D eigenvalue weighted by atomic mass is 9.99. The molecular weight excluding hydrogens is 396 g/mol. The lowest BCUT2D eigenvalue weighted by Gasteiger charge is -2.19. The van der Waals surface area contributed by atoms with Gasteiger partial charge in [0.25, 0.3) is 0 Å². The lowest BCUT2D eigenvalue weighted by molar-refractivity contribution is -0.147. The van der Waals surface area contributed by atoms with Gasteiger partial charge in [-0.3, -0.25) is 19.2 Å². The van der Waals surface area contributed by atoms with Crippen LogP contribution >= 0.6 is 0 Å². The minimum atomic E-state index is -0.605. The van der Waals surface area contributed by atoms with Crippen molar-refractivity contribution in [2.24, 2.45) is 5.92 Å². The summed E-state index contributed by atoms with van der Waals surface area (Å²) in [5.41, 5.74) is 3.70. The van der Waals surface area contributed by atoms with Gasteiger partial charge in [0.15, 0.2) is 12.4 Å². The number of ketones is 1. The maximum absolute atomic E-state index is 12.5. The third-order valence-electron chi connectivity index (χ3n) is 5.96. The summed E-state index contributed by atoms with van der Waals surface area (Å²) >= 11 is 0. The first kappa shape index (κ1) is 20.8. The highest BCUT2D eigenvalue weighted by Gasteiger charge is 2.37. The Balaban J connectivity index is 1.38. The number of ether oxygens (including phenoxy) is 1. The van der Waals surface area contributed by atoms with Crippen LogP contribution in [0, 0.1) is 5.92 Å². The summed E-state index contributed by atoms with van der Waals surface area (Å²) in [5, 5.41) is 2.76. The van der Waals surface area contributed by atoms with Crippen LogP contribution in [0.1, 0.15) is 47.7 Å². The normalized spacial score (nSPS) is 19.9. The number of nitrogens with zero attached hydrogens (tertiary/aromatic N) is 1. The number of nitrogens with one attached hydrogen (secondary N) is 1. The van der Waals surface area contributed by atoms with Gasteiger partial charge in [0.1, 0.15) is 0 Å². The van der Waals surface area contributed by atoms with Crippen LogP contribution in [0.3, 0.4) is 0 Å². The predicted molar refractivity (Wildman–Crippen MR) is 115 cm³/mol. The molecular formula is C24H24N2O5. The Morgan fingerprint density at radius 3 is 2.71 bits per heavy atom. The summed E-state index contributed by atoms with van der Waals surface area (Å²) in [4.78, 5) is 51.0. The first-order valence-corrected chi connectivity index (χ1v) is 10.4. The Morgan fingerprint density at radius 2 is 1.94 bits per heavy atom. The van der Waals surface area contributed by atoms with Crippen LogP contribution in [-0.2, 0) is 25.5 Å². The number of amides is 2. The molecule has 4 rings (SSSR count). The molecule has 0 aromatic heterocycles. The monoisotopic (exact) mass is 420 g/mol. The van der Waals surface area contributed by atoms with Gasteiger partial charge in [-0.15, -0.1) is 0 Å². The number of carbonyl (C=O) groups excluding carboxylic acids is 4. The number of Topliss-reactive ketones (excluding diaryl/α,β-unsaturated/α-hetero) is 1. The molecule has 7 heteroatoms. The second-order valence-corrected chi connectivity index (χ2v) is 7.93. The maximum Gasteiger partial charge on any atom is 0.311 e. The Labute approximate surface area is 180 Å². The van der Waals surface area contributed by atoms with Gasteiger partial charge in [0.05, 0.1) is 11.8 Å². The molecule has 2 heterocycles. The summed E-state index contributed by atoms with van der Waals surface area (Å²) in [6.45, 7) is 3.63. The molecule has 2 aromatic rings. The molecule has 0 spiro atoms. The SMILES string of the molecule is CCc1ccccc1N1C[C@@H](C(=O)OCC(=O)c2ccc3c(c2)[C@H](C)C(=O)N3)CC1=O. The number of benzene rings is 2. The van der Waals surface area contributed by atoms with Crippen molar-refractivity contribution in [3.63, 3.8) is 0 Å². The number of esters is 1. The molecule has 0 unspecified atom stereocenters. The van der Waals surface area contributed by atoms with Crippen LogP contribution in [0.5, 0.6) is 0 Å². The smallest absolute Gasteiger partial charge is 0.311 e. The number of hydrogen-bond donors (Lipinski definition) is 1. The number of carbonyl (C=O) groups is 4. The minimum absolute atomic E-state index is 0.0647. The summed E-state index contributed by atoms with van der Waals surface area (Å²) in [6, 6.07) is 12.6. The molecule has 2 atom stereocenters. The van der Waals surface area contributed by atoms with E-state index in [1.165, 1.54) is 0 Å². The van der Waals surface area contributed by atoms with E-state index >= 15 is 0 Å². The molecule has 7 nitrogen and oxygen atoms in total. The van der Waals surface area contributed by atoms with E-state index in [1.54, 1.807) is 30.0 Å². The number of anilines is 2. The van der Waals surface area contributed by atoms with Crippen molar-refractivity contribution in [3.05, 3.63) is 59.2 Å². The summed E-state index contributed by atoms with van der Waals surface area (Å²) in [7, 11) is 0. The largest absolute Gasteiger partial charge is 0.457 e. The number of hydrogen-bond acceptors (Lipinski definition) is 5. The highest BCUT2D eigenvalue weighted by atomic mass is 16.5. The Kier molecular flexibility index (Phi) is 5.59. The van der Waals surface area contributed by atoms with Crippen molar-refractivity contribution in [1.82, 2.24) is 0 Å². The van der Waals surface area contributed by atoms with Crippen molar-refractivity contribution < 1.29 is 23.9 Å². The first-order chi connectivity index (χ1) is 14.9. The van der Waals surface area contributed by atoms with Gasteiger partial charge in [-0.1, -0.05) is 25.1 Å². The second-order valence-electron chi connectivity index (χ2n) is 7.93. The van der Waals surface area contributed by atoms with Crippen LogP contribution in [0.2, 0.25) is 0 Å². The van der Waals surface area contributed by atoms with Crippen LogP contribution in [0.25, 0.3) is 0 Å². The topological polar surface area (TPSA) is 92.8 Å². The molecule has 2 amide bonds. The van der Waals surface area contributed by atoms with Gasteiger partial charge < -0.3 is 15.0 Å². The molecule has 1 saturated heterocycles. The number of aryl methyl sites for hydroxylation is 1. The van der Waals surface area contributed by atoms with Gasteiger partial charge in [-0.05, 0) is 48.7 Å². The molecule has 160 valence electrons. The van der Waals surface area contributed by atoms with Crippen molar-refractivity contribution in [2.75, 3.05) is 23.4 Å². The number of fused-ring (bicyclic) bond motifs is 1. The fraction of sp³-hybridized carbons (Fsp3) is 0.333. The molecule has 0 saturated carbocycles. The molecule has 1 N–H and O–H groups in total. The van der Waals surface area contributed by atoms with E-state index in [1.807, 2.05) is 31.2 Å². The first-order valence-electron chi connectivity index (χ1n) is 10.4. The van der Waals surface area contributed by atoms with E-state index in [0.717, 1.165) is 23.2 Å². The summed E-state index contributed by atoms with van der Waals surface area (Å²) in [5.74, 6) is -2.06. The van der Waals surface area contributed by atoms with E-state index in [0.29, 0.717) is 11.3 Å². The maximum atomic E-state index is 12.5. The molecule has 2 aromatic carbocycles. The summed E-state index contributed by atoms with van der Waals surface area (Å²) < 4.78 is 5.25. The highest BCUT2D eigenvalue weighted by Crippen LogP contribution is 2.33. The van der Waals surface area contributed by atoms with E-state index in [9.17, 15) is 19.2 Å². The number of para-hydroxylation sites is 1. The molecule has 0 bridgehead atoms. The zero-order valence-electron chi connectivity index (χ0n) is 17.5. The zero-order chi connectivity index (χ0) is 22.1. The van der Waals surface area contributed by atoms with Gasteiger partial charge in [0.2, 0.25) is 11.8 Å². The fourth-order valence-corrected chi connectivity index (χ4v) is 4.10. The third-order valence-corrected chi connectivity index (χ3v) is 5.96. The molecule has 0 aliphatic carbocycles. The minimum Gasteiger partial charge on any atom is -0.457 e. The predicted octanol–water partition coefficient (Wildman–Crippen LogP) is 3.08. The van der Waals surface area contributed by atoms with Crippen LogP contribution in [-0.4, -0.2) is 36.7 Å². The van der Waals surface area contributed by atoms with Crippen molar-refractivity contribution in [2.45, 2.75) is 32.6 Å². The van der Waals surface area contributed by atoms with E-state index in [2.05, 4.69) is 5.32 Å². The average molecular weight is 420 g/mol. The Morgan fingerprint density at radius 1 is 1.16 bits per heavy atom. The van der Waals surface area contributed by atoms with Crippen molar-refractivity contribution >= 4 is 34.9 Å². The summed E-state index contributed by atoms with van der Waals surface area (Å²) in [6.07, 6.45) is 0.847. The number of rotatable bonds is 6. The Bertz CT molecular complexity index is 1080. The van der Waals surface area contributed by atoms with Gasteiger partial charge in [0, 0.05) is 29.9 Å². The molecule has 1 fully saturated rings. The zero-order valence-corrected chi connectivity index (χ0v) is 17.5. The van der Waals surface area contributed by atoms with E-state index in [-0.39, 0.29) is 36.5 Å². The van der Waals surface area contributed by atoms with Crippen LogP contribution in [0.15, 0.2) is 42.5 Å².